The molecule has 0 fully saturated rings. The van der Waals surface area contributed by atoms with Gasteiger partial charge in [0.15, 0.2) is 0 Å². The maximum absolute atomic E-state index is 12.4. The summed E-state index contributed by atoms with van der Waals surface area (Å²) >= 11 is 0. The van der Waals surface area contributed by atoms with Crippen LogP contribution in [0, 0.1) is 0 Å². The predicted molar refractivity (Wildman–Crippen MR) is 117 cm³/mol. The van der Waals surface area contributed by atoms with Crippen LogP contribution in [-0.4, -0.2) is 53.7 Å². The van der Waals surface area contributed by atoms with E-state index in [1.54, 1.807) is 6.92 Å². The van der Waals surface area contributed by atoms with Gasteiger partial charge in [-0.15, -0.1) is 0 Å². The molecule has 0 aromatic heterocycles. The third-order valence-electron chi connectivity index (χ3n) is 5.64. The molecule has 164 valence electrons. The molecule has 31 heavy (non-hydrogen) atoms. The van der Waals surface area contributed by atoms with Crippen LogP contribution < -0.4 is 5.32 Å². The van der Waals surface area contributed by atoms with Gasteiger partial charge in [-0.05, 0) is 35.6 Å². The van der Waals surface area contributed by atoms with Gasteiger partial charge < -0.3 is 20.1 Å². The van der Waals surface area contributed by atoms with Crippen LogP contribution >= 0.6 is 0 Å². The number of amides is 2. The molecule has 2 aromatic rings. The second-order valence-corrected chi connectivity index (χ2v) is 7.58. The molecule has 0 spiro atoms. The minimum atomic E-state index is -1.06. The van der Waals surface area contributed by atoms with Crippen LogP contribution in [0.3, 0.4) is 0 Å². The number of carboxylic acids is 1. The Morgan fingerprint density at radius 3 is 2.13 bits per heavy atom. The fraction of sp³-hybridized carbons (Fsp3) is 0.375. The molecule has 2 N–H and O–H groups in total. The summed E-state index contributed by atoms with van der Waals surface area (Å²) in [5.74, 6) is -1.41. The lowest BCUT2D eigenvalue weighted by molar-refractivity contribution is -0.144. The van der Waals surface area contributed by atoms with Crippen LogP contribution in [0.4, 0.5) is 4.79 Å². The SMILES string of the molecule is CCC(CC(=O)N(CC)CC(=O)O)NC(=O)OCC1c2ccccc2-c2ccccc21. The molecular formula is C24H28N2O5. The molecule has 0 bridgehead atoms. The zero-order valence-electron chi connectivity index (χ0n) is 17.8. The average molecular weight is 424 g/mol. The Balaban J connectivity index is 1.59. The minimum Gasteiger partial charge on any atom is -0.480 e. The highest BCUT2D eigenvalue weighted by Crippen LogP contribution is 2.44. The maximum Gasteiger partial charge on any atom is 0.407 e. The number of fused-ring (bicyclic) bond motifs is 3. The number of hydrogen-bond donors (Lipinski definition) is 2. The topological polar surface area (TPSA) is 95.9 Å². The molecule has 1 aliphatic carbocycles. The van der Waals surface area contributed by atoms with E-state index in [1.165, 1.54) is 4.90 Å². The van der Waals surface area contributed by atoms with Gasteiger partial charge in [-0.2, -0.15) is 0 Å². The number of likely N-dealkylation sites (N-methyl/N-ethyl adjacent to an activating group) is 1. The smallest absolute Gasteiger partial charge is 0.407 e. The van der Waals surface area contributed by atoms with Crippen molar-refractivity contribution in [1.29, 1.82) is 0 Å². The molecule has 1 aliphatic rings. The molecule has 2 amide bonds. The standard InChI is InChI=1S/C24H28N2O5/c1-3-16(13-22(27)26(4-2)14-23(28)29)25-24(30)31-15-21-19-11-7-5-9-17(19)18-10-6-8-12-20(18)21/h5-12,16,21H,3-4,13-15H2,1-2H3,(H,25,30)(H,28,29). The van der Waals surface area contributed by atoms with Gasteiger partial charge in [-0.1, -0.05) is 55.5 Å². The molecule has 0 aliphatic heterocycles. The Kier molecular flexibility index (Phi) is 7.28. The molecule has 3 rings (SSSR count). The summed E-state index contributed by atoms with van der Waals surface area (Å²) in [6.07, 6.45) is -0.0228. The van der Waals surface area contributed by atoms with E-state index in [2.05, 4.69) is 29.6 Å². The van der Waals surface area contributed by atoms with E-state index >= 15 is 0 Å². The lowest BCUT2D eigenvalue weighted by atomic mass is 9.98. The maximum atomic E-state index is 12.4. The van der Waals surface area contributed by atoms with Crippen LogP contribution in [0.2, 0.25) is 0 Å². The molecule has 1 unspecified atom stereocenters. The third kappa shape index (κ3) is 5.23. The average Bonchev–Trinajstić information content (AvgIpc) is 3.09. The summed E-state index contributed by atoms with van der Waals surface area (Å²) in [4.78, 5) is 37.0. The molecule has 0 saturated heterocycles. The molecule has 0 radical (unpaired) electrons. The second-order valence-electron chi connectivity index (χ2n) is 7.58. The number of ether oxygens (including phenoxy) is 1. The predicted octanol–water partition coefficient (Wildman–Crippen LogP) is 3.63. The summed E-state index contributed by atoms with van der Waals surface area (Å²) in [6.45, 7) is 3.73. The van der Waals surface area contributed by atoms with E-state index in [-0.39, 0.29) is 31.4 Å². The van der Waals surface area contributed by atoms with E-state index in [9.17, 15) is 14.4 Å². The Bertz CT molecular complexity index is 913. The highest BCUT2D eigenvalue weighted by Gasteiger charge is 2.29. The molecule has 0 heterocycles. The second kappa shape index (κ2) is 10.1. The highest BCUT2D eigenvalue weighted by molar-refractivity contribution is 5.82. The molecule has 0 saturated carbocycles. The lowest BCUT2D eigenvalue weighted by Crippen LogP contribution is -2.42. The number of hydrogen-bond acceptors (Lipinski definition) is 4. The third-order valence-corrected chi connectivity index (χ3v) is 5.64. The highest BCUT2D eigenvalue weighted by atomic mass is 16.5. The summed E-state index contributed by atoms with van der Waals surface area (Å²) in [7, 11) is 0. The van der Waals surface area contributed by atoms with Crippen molar-refractivity contribution in [3.05, 3.63) is 59.7 Å². The van der Waals surface area contributed by atoms with Crippen LogP contribution in [0.5, 0.6) is 0 Å². The van der Waals surface area contributed by atoms with E-state index in [1.807, 2.05) is 31.2 Å². The molecular weight excluding hydrogens is 396 g/mol. The number of carbonyl (C=O) groups is 3. The van der Waals surface area contributed by atoms with Crippen molar-refractivity contribution in [1.82, 2.24) is 10.2 Å². The number of carboxylic acid groups (broad SMARTS) is 1. The Morgan fingerprint density at radius 2 is 1.61 bits per heavy atom. The van der Waals surface area contributed by atoms with Crippen LogP contribution in [0.15, 0.2) is 48.5 Å². The summed E-state index contributed by atoms with van der Waals surface area (Å²) in [5.41, 5.74) is 4.57. The van der Waals surface area contributed by atoms with Gasteiger partial charge in [0, 0.05) is 24.9 Å². The first-order valence-electron chi connectivity index (χ1n) is 10.6. The van der Waals surface area contributed by atoms with E-state index in [0.717, 1.165) is 22.3 Å². The van der Waals surface area contributed by atoms with Gasteiger partial charge in [0.25, 0.3) is 0 Å². The number of nitrogens with one attached hydrogen (secondary N) is 1. The monoisotopic (exact) mass is 424 g/mol. The van der Waals surface area contributed by atoms with Crippen molar-refractivity contribution in [2.75, 3.05) is 19.7 Å². The number of alkyl carbamates (subject to hydrolysis) is 1. The van der Waals surface area contributed by atoms with Gasteiger partial charge in [0.2, 0.25) is 5.91 Å². The van der Waals surface area contributed by atoms with E-state index < -0.39 is 18.1 Å². The quantitative estimate of drug-likeness (QED) is 0.641. The van der Waals surface area contributed by atoms with Gasteiger partial charge in [-0.3, -0.25) is 9.59 Å². The molecule has 1 atom stereocenters. The first-order valence-corrected chi connectivity index (χ1v) is 10.6. The Morgan fingerprint density at radius 1 is 1.03 bits per heavy atom. The van der Waals surface area contributed by atoms with Crippen LogP contribution in [0.25, 0.3) is 11.1 Å². The Labute approximate surface area is 182 Å². The lowest BCUT2D eigenvalue weighted by Gasteiger charge is -2.23. The van der Waals surface area contributed by atoms with E-state index in [4.69, 9.17) is 9.84 Å². The van der Waals surface area contributed by atoms with Gasteiger partial charge in [-0.25, -0.2) is 4.79 Å². The Hall–Kier alpha value is -3.35. The zero-order chi connectivity index (χ0) is 22.4. The molecule has 7 heteroatoms. The summed E-state index contributed by atoms with van der Waals surface area (Å²) in [5, 5.41) is 11.7. The molecule has 2 aromatic carbocycles. The van der Waals surface area contributed by atoms with Gasteiger partial charge in [0.05, 0.1) is 0 Å². The zero-order valence-corrected chi connectivity index (χ0v) is 17.8. The normalized spacial score (nSPS) is 13.1. The number of aliphatic carboxylic acids is 1. The first kappa shape index (κ1) is 22.3. The minimum absolute atomic E-state index is 0.0296. The van der Waals surface area contributed by atoms with Gasteiger partial charge >= 0.3 is 12.1 Å². The van der Waals surface area contributed by atoms with Crippen molar-refractivity contribution in [2.24, 2.45) is 0 Å². The van der Waals surface area contributed by atoms with Crippen molar-refractivity contribution in [3.8, 4) is 11.1 Å². The summed E-state index contributed by atoms with van der Waals surface area (Å²) in [6, 6.07) is 15.8. The van der Waals surface area contributed by atoms with Crippen LogP contribution in [-0.2, 0) is 14.3 Å². The van der Waals surface area contributed by atoms with E-state index in [0.29, 0.717) is 13.0 Å². The summed E-state index contributed by atoms with van der Waals surface area (Å²) < 4.78 is 5.54. The fourth-order valence-corrected chi connectivity index (χ4v) is 3.98. The number of benzene rings is 2. The van der Waals surface area contributed by atoms with Crippen molar-refractivity contribution >= 4 is 18.0 Å². The fourth-order valence-electron chi connectivity index (χ4n) is 3.98. The largest absolute Gasteiger partial charge is 0.480 e. The van der Waals surface area contributed by atoms with Crippen molar-refractivity contribution in [2.45, 2.75) is 38.6 Å². The number of carbonyl (C=O) groups excluding carboxylic acids is 2. The first-order chi connectivity index (χ1) is 14.9. The van der Waals surface area contributed by atoms with Gasteiger partial charge in [0.1, 0.15) is 13.2 Å². The number of rotatable bonds is 9. The number of nitrogens with zero attached hydrogens (tertiary/aromatic N) is 1. The van der Waals surface area contributed by atoms with Crippen molar-refractivity contribution < 1.29 is 24.2 Å². The molecule has 7 nitrogen and oxygen atoms in total. The van der Waals surface area contributed by atoms with Crippen LogP contribution in [0.1, 0.15) is 43.7 Å². The van der Waals surface area contributed by atoms with Crippen molar-refractivity contribution in [3.63, 3.8) is 0 Å².